The molecule has 0 spiro atoms. The van der Waals surface area contributed by atoms with Gasteiger partial charge in [0.15, 0.2) is 0 Å². The Balaban J connectivity index is 3.09. The van der Waals surface area contributed by atoms with Crippen LogP contribution in [0.3, 0.4) is 0 Å². The Morgan fingerprint density at radius 1 is 1.33 bits per heavy atom. The van der Waals surface area contributed by atoms with Crippen LogP contribution in [0, 0.1) is 5.41 Å². The van der Waals surface area contributed by atoms with Crippen LogP contribution in [0.25, 0.3) is 0 Å². The summed E-state index contributed by atoms with van der Waals surface area (Å²) in [6, 6.07) is 9.69. The van der Waals surface area contributed by atoms with Crippen molar-refractivity contribution < 1.29 is 14.6 Å². The Bertz CT molecular complexity index is 384. The number of aliphatic hydroxyl groups is 1. The van der Waals surface area contributed by atoms with Crippen LogP contribution >= 0.6 is 0 Å². The van der Waals surface area contributed by atoms with Crippen molar-refractivity contribution >= 4 is 6.09 Å². The molecule has 0 aliphatic heterocycles. The molecule has 100 valence electrons. The van der Waals surface area contributed by atoms with Gasteiger partial charge in [0.05, 0.1) is 6.61 Å². The maximum atomic E-state index is 10.9. The minimum absolute atomic E-state index is 0.115. The number of aliphatic hydroxyl groups excluding tert-OH is 1. The van der Waals surface area contributed by atoms with E-state index in [2.05, 4.69) is 0 Å². The van der Waals surface area contributed by atoms with Crippen LogP contribution in [0.5, 0.6) is 0 Å². The average Bonchev–Trinajstić information content (AvgIpc) is 2.27. The van der Waals surface area contributed by atoms with E-state index in [0.717, 1.165) is 5.56 Å². The summed E-state index contributed by atoms with van der Waals surface area (Å²) in [5.41, 5.74) is 5.91. The van der Waals surface area contributed by atoms with Gasteiger partial charge in [-0.15, -0.1) is 0 Å². The highest BCUT2D eigenvalue weighted by atomic mass is 16.6. The molecular formula is C14H21NO3. The van der Waals surface area contributed by atoms with Crippen molar-refractivity contribution in [2.45, 2.75) is 32.8 Å². The first-order chi connectivity index (χ1) is 8.36. The second-order valence-corrected chi connectivity index (χ2v) is 5.41. The Morgan fingerprint density at radius 3 is 2.28 bits per heavy atom. The summed E-state index contributed by atoms with van der Waals surface area (Å²) in [6.07, 6.45) is -1.50. The largest absolute Gasteiger partial charge is 0.443 e. The quantitative estimate of drug-likeness (QED) is 0.862. The maximum absolute atomic E-state index is 10.9. The van der Waals surface area contributed by atoms with E-state index in [9.17, 15) is 9.90 Å². The fourth-order valence-electron chi connectivity index (χ4n) is 2.29. The third-order valence-corrected chi connectivity index (χ3v) is 2.91. The van der Waals surface area contributed by atoms with Crippen molar-refractivity contribution in [3.63, 3.8) is 0 Å². The highest BCUT2D eigenvalue weighted by molar-refractivity contribution is 5.65. The minimum atomic E-state index is -0.862. The van der Waals surface area contributed by atoms with Crippen LogP contribution < -0.4 is 5.73 Å². The Labute approximate surface area is 108 Å². The molecule has 1 amide bonds. The van der Waals surface area contributed by atoms with Gasteiger partial charge in [-0.3, -0.25) is 0 Å². The molecule has 0 fully saturated rings. The van der Waals surface area contributed by atoms with E-state index in [0.29, 0.717) is 0 Å². The fraction of sp³-hybridized carbons (Fsp3) is 0.500. The van der Waals surface area contributed by atoms with Gasteiger partial charge in [-0.05, 0) is 11.0 Å². The van der Waals surface area contributed by atoms with E-state index >= 15 is 0 Å². The van der Waals surface area contributed by atoms with E-state index in [4.69, 9.17) is 10.5 Å². The predicted molar refractivity (Wildman–Crippen MR) is 70.2 cm³/mol. The first-order valence-electron chi connectivity index (χ1n) is 5.98. The highest BCUT2D eigenvalue weighted by Crippen LogP contribution is 2.38. The van der Waals surface area contributed by atoms with Crippen molar-refractivity contribution in [2.24, 2.45) is 11.1 Å². The topological polar surface area (TPSA) is 72.6 Å². The van der Waals surface area contributed by atoms with E-state index in [1.165, 1.54) is 0 Å². The molecular weight excluding hydrogens is 230 g/mol. The van der Waals surface area contributed by atoms with Crippen molar-refractivity contribution in [3.8, 4) is 0 Å². The number of carbonyl (C=O) groups excluding carboxylic acids is 1. The molecule has 0 aliphatic carbocycles. The normalized spacial score (nSPS) is 14.9. The first-order valence-corrected chi connectivity index (χ1v) is 5.98. The van der Waals surface area contributed by atoms with Crippen LogP contribution in [0.2, 0.25) is 0 Å². The van der Waals surface area contributed by atoms with Crippen LogP contribution in [-0.4, -0.2) is 23.9 Å². The zero-order chi connectivity index (χ0) is 13.8. The third kappa shape index (κ3) is 3.74. The lowest BCUT2D eigenvalue weighted by atomic mass is 9.73. The summed E-state index contributed by atoms with van der Waals surface area (Å²) in [7, 11) is 0. The number of ether oxygens (including phenoxy) is 1. The monoisotopic (exact) mass is 251 g/mol. The van der Waals surface area contributed by atoms with Gasteiger partial charge in [0.1, 0.15) is 6.10 Å². The molecule has 0 radical (unpaired) electrons. The molecule has 1 aromatic rings. The first kappa shape index (κ1) is 14.5. The van der Waals surface area contributed by atoms with Gasteiger partial charge in [0, 0.05) is 5.92 Å². The lowest BCUT2D eigenvalue weighted by molar-refractivity contribution is 0.0205. The van der Waals surface area contributed by atoms with Crippen molar-refractivity contribution in [1.29, 1.82) is 0 Å². The molecule has 0 bridgehead atoms. The molecule has 0 saturated heterocycles. The Kier molecular flexibility index (Phi) is 4.73. The molecule has 1 unspecified atom stereocenters. The molecule has 2 atom stereocenters. The molecule has 0 aromatic heterocycles. The van der Waals surface area contributed by atoms with Gasteiger partial charge in [-0.1, -0.05) is 51.1 Å². The average molecular weight is 251 g/mol. The van der Waals surface area contributed by atoms with Crippen LogP contribution in [-0.2, 0) is 4.74 Å². The molecule has 1 aromatic carbocycles. The van der Waals surface area contributed by atoms with Gasteiger partial charge in [-0.25, -0.2) is 4.79 Å². The van der Waals surface area contributed by atoms with Crippen molar-refractivity contribution in [2.75, 3.05) is 6.61 Å². The van der Waals surface area contributed by atoms with Crippen LogP contribution in [0.4, 0.5) is 4.79 Å². The van der Waals surface area contributed by atoms with Gasteiger partial charge in [0.25, 0.3) is 0 Å². The standard InChI is InChI=1S/C14H21NO3/c1-14(2,3)12(10-7-5-4-6-8-10)11(9-16)18-13(15)17/h4-8,11-12,16H,9H2,1-3H3,(H2,15,17)/t11?,12-/m1/s1. The van der Waals surface area contributed by atoms with Crippen LogP contribution in [0.15, 0.2) is 30.3 Å². The highest BCUT2D eigenvalue weighted by Gasteiger charge is 2.35. The number of primary amides is 1. The number of carbonyl (C=O) groups is 1. The smallest absolute Gasteiger partial charge is 0.404 e. The van der Waals surface area contributed by atoms with E-state index < -0.39 is 12.2 Å². The maximum Gasteiger partial charge on any atom is 0.404 e. The lowest BCUT2D eigenvalue weighted by Gasteiger charge is -2.35. The second-order valence-electron chi connectivity index (χ2n) is 5.41. The van der Waals surface area contributed by atoms with E-state index in [-0.39, 0.29) is 17.9 Å². The van der Waals surface area contributed by atoms with Gasteiger partial charge in [-0.2, -0.15) is 0 Å². The summed E-state index contributed by atoms with van der Waals surface area (Å²) in [6.45, 7) is 5.87. The molecule has 4 nitrogen and oxygen atoms in total. The van der Waals surface area contributed by atoms with Crippen molar-refractivity contribution in [1.82, 2.24) is 0 Å². The number of amides is 1. The van der Waals surface area contributed by atoms with E-state index in [1.54, 1.807) is 0 Å². The SMILES string of the molecule is CC(C)(C)[C@H](c1ccccc1)C(CO)OC(N)=O. The second kappa shape index (κ2) is 5.87. The molecule has 0 heterocycles. The van der Waals surface area contributed by atoms with Gasteiger partial charge >= 0.3 is 6.09 Å². The van der Waals surface area contributed by atoms with E-state index in [1.807, 2.05) is 51.1 Å². The molecule has 0 saturated carbocycles. The summed E-state index contributed by atoms with van der Waals surface area (Å²) in [5.74, 6) is -0.115. The fourth-order valence-corrected chi connectivity index (χ4v) is 2.29. The zero-order valence-corrected chi connectivity index (χ0v) is 11.1. The van der Waals surface area contributed by atoms with Crippen molar-refractivity contribution in [3.05, 3.63) is 35.9 Å². The Hall–Kier alpha value is -1.55. The number of hydrogen-bond acceptors (Lipinski definition) is 3. The molecule has 1 rings (SSSR count). The number of hydrogen-bond donors (Lipinski definition) is 2. The molecule has 3 N–H and O–H groups in total. The van der Waals surface area contributed by atoms with Crippen LogP contribution in [0.1, 0.15) is 32.3 Å². The third-order valence-electron chi connectivity index (χ3n) is 2.91. The summed E-state index contributed by atoms with van der Waals surface area (Å²) in [4.78, 5) is 10.9. The predicted octanol–water partition coefficient (Wildman–Crippen LogP) is 2.27. The summed E-state index contributed by atoms with van der Waals surface area (Å²) in [5, 5.41) is 9.44. The number of rotatable bonds is 4. The van der Waals surface area contributed by atoms with Gasteiger partial charge < -0.3 is 15.6 Å². The summed E-state index contributed by atoms with van der Waals surface area (Å²) < 4.78 is 5.03. The minimum Gasteiger partial charge on any atom is -0.443 e. The lowest BCUT2D eigenvalue weighted by Crippen LogP contribution is -2.37. The molecule has 18 heavy (non-hydrogen) atoms. The zero-order valence-electron chi connectivity index (χ0n) is 11.1. The summed E-state index contributed by atoms with van der Waals surface area (Å²) >= 11 is 0. The Morgan fingerprint density at radius 2 is 1.89 bits per heavy atom. The molecule has 0 aliphatic rings. The molecule has 4 heteroatoms. The number of nitrogens with two attached hydrogens (primary N) is 1. The van der Waals surface area contributed by atoms with Gasteiger partial charge in [0.2, 0.25) is 0 Å². The number of benzene rings is 1.